The summed E-state index contributed by atoms with van der Waals surface area (Å²) in [6.45, 7) is 3.04. The Labute approximate surface area is 179 Å². The molecule has 0 aromatic rings. The molecule has 0 heterocycles. The summed E-state index contributed by atoms with van der Waals surface area (Å²) in [6.07, 6.45) is 21.0. The average molecular weight is 439 g/mol. The number of methoxy groups -OCH3 is 1. The van der Waals surface area contributed by atoms with Crippen molar-refractivity contribution in [1.29, 1.82) is 0 Å². The van der Waals surface area contributed by atoms with Gasteiger partial charge in [0, 0.05) is 13.7 Å². The molecule has 0 amide bonds. The van der Waals surface area contributed by atoms with Crippen molar-refractivity contribution >= 4 is 7.82 Å². The Balaban J connectivity index is 3.22. The average Bonchev–Trinajstić information content (AvgIpc) is 2.68. The minimum absolute atomic E-state index is 0.167. The lowest BCUT2D eigenvalue weighted by atomic mass is 10.0. The molecule has 0 spiro atoms. The van der Waals surface area contributed by atoms with Gasteiger partial charge in [-0.25, -0.2) is 4.57 Å². The second kappa shape index (κ2) is 21.3. The lowest BCUT2D eigenvalue weighted by Crippen LogP contribution is -2.24. The van der Waals surface area contributed by atoms with Crippen LogP contribution in [0.15, 0.2) is 0 Å². The maximum Gasteiger partial charge on any atom is 0.469 e. The molecular weight excluding hydrogens is 391 g/mol. The molecule has 0 saturated heterocycles. The number of unbranched alkanes of at least 4 members (excludes halogenated alkanes) is 15. The van der Waals surface area contributed by atoms with Gasteiger partial charge >= 0.3 is 7.82 Å². The molecule has 6 nitrogen and oxygen atoms in total. The quantitative estimate of drug-likeness (QED) is 0.142. The van der Waals surface area contributed by atoms with Crippen molar-refractivity contribution in [3.05, 3.63) is 0 Å². The largest absolute Gasteiger partial charge is 0.469 e. The fraction of sp³-hybridized carbons (Fsp3) is 1.00. The van der Waals surface area contributed by atoms with Crippen LogP contribution in [0.1, 0.15) is 110 Å². The molecule has 0 rings (SSSR count). The number of rotatable bonds is 23. The van der Waals surface area contributed by atoms with Gasteiger partial charge in [0.1, 0.15) is 6.10 Å². The van der Waals surface area contributed by atoms with E-state index in [0.717, 1.165) is 12.8 Å². The Bertz CT molecular complexity index is 374. The van der Waals surface area contributed by atoms with E-state index < -0.39 is 13.9 Å². The standard InChI is InChI=1S/C22H47O6P/c1-3-4-5-6-7-8-9-10-11-12-13-14-15-16-17-18-19-27-20-22(26-2)21-28-29(23,24)25/h22H,3-21H2,1-2H3,(H2,23,24,25)/t22-/m1/s1. The van der Waals surface area contributed by atoms with Crippen LogP contribution in [0.4, 0.5) is 0 Å². The van der Waals surface area contributed by atoms with Gasteiger partial charge in [-0.05, 0) is 6.42 Å². The predicted octanol–water partition coefficient (Wildman–Crippen LogP) is 6.39. The van der Waals surface area contributed by atoms with E-state index in [1.165, 1.54) is 97.0 Å². The monoisotopic (exact) mass is 438 g/mol. The Hall–Kier alpha value is 0.0300. The van der Waals surface area contributed by atoms with E-state index >= 15 is 0 Å². The van der Waals surface area contributed by atoms with E-state index in [9.17, 15) is 4.57 Å². The lowest BCUT2D eigenvalue weighted by molar-refractivity contribution is -0.0201. The van der Waals surface area contributed by atoms with Gasteiger partial charge in [-0.15, -0.1) is 0 Å². The fourth-order valence-corrected chi connectivity index (χ4v) is 3.69. The topological polar surface area (TPSA) is 85.2 Å². The van der Waals surface area contributed by atoms with Crippen molar-refractivity contribution in [3.8, 4) is 0 Å². The molecule has 0 unspecified atom stereocenters. The molecular formula is C22H47O6P. The van der Waals surface area contributed by atoms with Crippen LogP contribution >= 0.6 is 7.82 Å². The SMILES string of the molecule is CCCCCCCCCCCCCCCCCCOC[C@H](COP(=O)(O)O)OC. The smallest absolute Gasteiger partial charge is 0.379 e. The Morgan fingerprint density at radius 3 is 1.48 bits per heavy atom. The van der Waals surface area contributed by atoms with Gasteiger partial charge in [0.15, 0.2) is 0 Å². The maximum absolute atomic E-state index is 10.7. The second-order valence-corrected chi connectivity index (χ2v) is 9.26. The highest BCUT2D eigenvalue weighted by Gasteiger charge is 2.18. The molecule has 0 fully saturated rings. The summed E-state index contributed by atoms with van der Waals surface area (Å²) in [5.74, 6) is 0. The van der Waals surface area contributed by atoms with E-state index in [0.29, 0.717) is 6.61 Å². The van der Waals surface area contributed by atoms with Crippen molar-refractivity contribution in [1.82, 2.24) is 0 Å². The molecule has 29 heavy (non-hydrogen) atoms. The van der Waals surface area contributed by atoms with E-state index in [1.54, 1.807) is 0 Å². The second-order valence-electron chi connectivity index (χ2n) is 8.02. The lowest BCUT2D eigenvalue weighted by Gasteiger charge is -2.16. The molecule has 0 aliphatic heterocycles. The molecule has 1 atom stereocenters. The Kier molecular flexibility index (Phi) is 21.3. The van der Waals surface area contributed by atoms with Crippen LogP contribution in [0.25, 0.3) is 0 Å². The van der Waals surface area contributed by atoms with E-state index in [2.05, 4.69) is 11.4 Å². The van der Waals surface area contributed by atoms with Gasteiger partial charge in [-0.2, -0.15) is 0 Å². The molecule has 0 aliphatic carbocycles. The number of hydrogen-bond acceptors (Lipinski definition) is 4. The predicted molar refractivity (Wildman–Crippen MR) is 119 cm³/mol. The number of hydrogen-bond donors (Lipinski definition) is 2. The molecule has 0 aromatic carbocycles. The third-order valence-corrected chi connectivity index (χ3v) is 5.69. The molecule has 176 valence electrons. The molecule has 0 bridgehead atoms. The Morgan fingerprint density at radius 2 is 1.10 bits per heavy atom. The Morgan fingerprint density at radius 1 is 0.690 bits per heavy atom. The molecule has 7 heteroatoms. The summed E-state index contributed by atoms with van der Waals surface area (Å²) in [5.41, 5.74) is 0. The minimum atomic E-state index is -4.45. The van der Waals surface area contributed by atoms with E-state index in [1.807, 2.05) is 0 Å². The minimum Gasteiger partial charge on any atom is -0.379 e. The van der Waals surface area contributed by atoms with Crippen LogP contribution in [0.2, 0.25) is 0 Å². The van der Waals surface area contributed by atoms with Crippen molar-refractivity contribution < 1.29 is 28.3 Å². The number of phosphoric ester groups is 1. The fourth-order valence-electron chi connectivity index (χ4n) is 3.33. The van der Waals surface area contributed by atoms with Gasteiger partial charge in [0.25, 0.3) is 0 Å². The highest BCUT2D eigenvalue weighted by Crippen LogP contribution is 2.35. The molecule has 2 N–H and O–H groups in total. The molecule has 0 saturated carbocycles. The van der Waals surface area contributed by atoms with Gasteiger partial charge in [-0.3, -0.25) is 4.52 Å². The highest BCUT2D eigenvalue weighted by atomic mass is 31.2. The van der Waals surface area contributed by atoms with Crippen LogP contribution in [0.3, 0.4) is 0 Å². The van der Waals surface area contributed by atoms with Crippen LogP contribution in [-0.2, 0) is 18.6 Å². The summed E-state index contributed by atoms with van der Waals surface area (Å²) in [6, 6.07) is 0. The third-order valence-electron chi connectivity index (χ3n) is 5.21. The van der Waals surface area contributed by atoms with Crippen molar-refractivity contribution in [2.45, 2.75) is 116 Å². The normalized spacial score (nSPS) is 13.1. The van der Waals surface area contributed by atoms with Crippen LogP contribution in [0.5, 0.6) is 0 Å². The molecule has 0 aliphatic rings. The zero-order valence-electron chi connectivity index (χ0n) is 19.0. The van der Waals surface area contributed by atoms with Gasteiger partial charge in [0.2, 0.25) is 0 Å². The summed E-state index contributed by atoms with van der Waals surface area (Å²) in [7, 11) is -2.97. The highest BCUT2D eigenvalue weighted by molar-refractivity contribution is 7.46. The van der Waals surface area contributed by atoms with Crippen LogP contribution in [0, 0.1) is 0 Å². The van der Waals surface area contributed by atoms with E-state index in [4.69, 9.17) is 19.3 Å². The van der Waals surface area contributed by atoms with Crippen molar-refractivity contribution in [3.63, 3.8) is 0 Å². The van der Waals surface area contributed by atoms with Gasteiger partial charge < -0.3 is 19.3 Å². The van der Waals surface area contributed by atoms with Crippen molar-refractivity contribution in [2.75, 3.05) is 26.9 Å². The summed E-state index contributed by atoms with van der Waals surface area (Å²) >= 11 is 0. The number of ether oxygens (including phenoxy) is 2. The first-order chi connectivity index (χ1) is 14.0. The first-order valence-corrected chi connectivity index (χ1v) is 13.3. The van der Waals surface area contributed by atoms with Crippen LogP contribution in [-0.4, -0.2) is 42.8 Å². The maximum atomic E-state index is 10.7. The van der Waals surface area contributed by atoms with E-state index in [-0.39, 0.29) is 13.2 Å². The van der Waals surface area contributed by atoms with Crippen LogP contribution < -0.4 is 0 Å². The zero-order chi connectivity index (χ0) is 21.6. The first-order valence-electron chi connectivity index (χ1n) is 11.8. The zero-order valence-corrected chi connectivity index (χ0v) is 19.9. The summed E-state index contributed by atoms with van der Waals surface area (Å²) < 4.78 is 25.7. The summed E-state index contributed by atoms with van der Waals surface area (Å²) in [5, 5.41) is 0. The van der Waals surface area contributed by atoms with Gasteiger partial charge in [-0.1, -0.05) is 103 Å². The molecule has 0 aromatic heterocycles. The summed E-state index contributed by atoms with van der Waals surface area (Å²) in [4.78, 5) is 17.4. The third kappa shape index (κ3) is 24.2. The van der Waals surface area contributed by atoms with Gasteiger partial charge in [0.05, 0.1) is 13.2 Å². The number of phosphoric acid groups is 1. The van der Waals surface area contributed by atoms with Crippen molar-refractivity contribution in [2.24, 2.45) is 0 Å². The molecule has 0 radical (unpaired) electrons. The first kappa shape index (κ1) is 29.0.